The Morgan fingerprint density at radius 3 is 2.96 bits per heavy atom. The summed E-state index contributed by atoms with van der Waals surface area (Å²) in [6, 6.07) is 6.18. The van der Waals surface area contributed by atoms with Gasteiger partial charge >= 0.3 is 0 Å². The summed E-state index contributed by atoms with van der Waals surface area (Å²) in [7, 11) is 1.94. The highest BCUT2D eigenvalue weighted by atomic mass is 16.5. The maximum Gasteiger partial charge on any atom is 0.220 e. The van der Waals surface area contributed by atoms with Crippen molar-refractivity contribution in [1.82, 2.24) is 15.1 Å². The fourth-order valence-electron chi connectivity index (χ4n) is 3.23. The number of nitrogens with zero attached hydrogens (tertiary/aromatic N) is 2. The summed E-state index contributed by atoms with van der Waals surface area (Å²) in [5.41, 5.74) is 5.70. The fraction of sp³-hybridized carbons (Fsp3) is 0.474. The SMILES string of the molecule is Cc1nn(C)c(C)c1CCC(=O)NCc1ccc2c(c1)CCCO2. The first-order valence-electron chi connectivity index (χ1n) is 8.55. The predicted molar refractivity (Wildman–Crippen MR) is 93.1 cm³/mol. The topological polar surface area (TPSA) is 56.2 Å². The second-order valence-corrected chi connectivity index (χ2v) is 6.44. The van der Waals surface area contributed by atoms with Crippen molar-refractivity contribution in [3.63, 3.8) is 0 Å². The van der Waals surface area contributed by atoms with E-state index in [2.05, 4.69) is 16.5 Å². The van der Waals surface area contributed by atoms with Crippen molar-refractivity contribution in [3.05, 3.63) is 46.3 Å². The number of carbonyl (C=O) groups excluding carboxylic acids is 1. The summed E-state index contributed by atoms with van der Waals surface area (Å²) in [6.07, 6.45) is 3.33. The molecule has 2 heterocycles. The van der Waals surface area contributed by atoms with Crippen LogP contribution < -0.4 is 10.1 Å². The first-order chi connectivity index (χ1) is 11.5. The molecule has 0 bridgehead atoms. The standard InChI is InChI=1S/C19H25N3O2/c1-13-17(14(2)22(3)21-13)7-9-19(23)20-12-15-6-8-18-16(11-15)5-4-10-24-18/h6,8,11H,4-5,7,9-10,12H2,1-3H3,(H,20,23). The van der Waals surface area contributed by atoms with Crippen molar-refractivity contribution in [2.45, 2.75) is 46.1 Å². The van der Waals surface area contributed by atoms with Crippen molar-refractivity contribution in [3.8, 4) is 5.75 Å². The number of nitrogens with one attached hydrogen (secondary N) is 1. The van der Waals surface area contributed by atoms with Gasteiger partial charge in [0.25, 0.3) is 0 Å². The third-order valence-electron chi connectivity index (χ3n) is 4.72. The molecule has 1 aromatic heterocycles. The van der Waals surface area contributed by atoms with Crippen LogP contribution in [0.15, 0.2) is 18.2 Å². The van der Waals surface area contributed by atoms with Gasteiger partial charge in [0, 0.05) is 25.7 Å². The first-order valence-corrected chi connectivity index (χ1v) is 8.55. The van der Waals surface area contributed by atoms with E-state index in [-0.39, 0.29) is 5.91 Å². The van der Waals surface area contributed by atoms with Gasteiger partial charge in [-0.3, -0.25) is 9.48 Å². The Bertz CT molecular complexity index is 749. The summed E-state index contributed by atoms with van der Waals surface area (Å²) in [5, 5.41) is 7.41. The number of aryl methyl sites for hydroxylation is 3. The summed E-state index contributed by atoms with van der Waals surface area (Å²) in [4.78, 5) is 12.1. The van der Waals surface area contributed by atoms with Gasteiger partial charge in [0.2, 0.25) is 5.91 Å². The largest absolute Gasteiger partial charge is 0.493 e. The van der Waals surface area contributed by atoms with Gasteiger partial charge in [-0.25, -0.2) is 0 Å². The molecule has 1 amide bonds. The average Bonchev–Trinajstić information content (AvgIpc) is 2.83. The van der Waals surface area contributed by atoms with Gasteiger partial charge in [-0.05, 0) is 55.9 Å². The highest BCUT2D eigenvalue weighted by molar-refractivity contribution is 5.76. The number of amides is 1. The van der Waals surface area contributed by atoms with Crippen LogP contribution >= 0.6 is 0 Å². The smallest absolute Gasteiger partial charge is 0.220 e. The Kier molecular flexibility index (Phi) is 4.88. The summed E-state index contributed by atoms with van der Waals surface area (Å²) >= 11 is 0. The van der Waals surface area contributed by atoms with E-state index in [0.717, 1.165) is 48.6 Å². The second-order valence-electron chi connectivity index (χ2n) is 6.44. The quantitative estimate of drug-likeness (QED) is 0.918. The molecule has 0 spiro atoms. The molecule has 0 saturated carbocycles. The van der Waals surface area contributed by atoms with Crippen LogP contribution in [0.1, 0.15) is 40.9 Å². The number of hydrogen-bond acceptors (Lipinski definition) is 3. The van der Waals surface area contributed by atoms with Crippen molar-refractivity contribution in [1.29, 1.82) is 0 Å². The van der Waals surface area contributed by atoms with Crippen molar-refractivity contribution in [2.75, 3.05) is 6.61 Å². The lowest BCUT2D eigenvalue weighted by Gasteiger charge is -2.18. The molecule has 0 atom stereocenters. The molecule has 2 aromatic rings. The highest BCUT2D eigenvalue weighted by Gasteiger charge is 2.13. The van der Waals surface area contributed by atoms with E-state index in [0.29, 0.717) is 13.0 Å². The van der Waals surface area contributed by atoms with E-state index in [9.17, 15) is 4.79 Å². The van der Waals surface area contributed by atoms with E-state index in [4.69, 9.17) is 4.74 Å². The Morgan fingerprint density at radius 2 is 2.21 bits per heavy atom. The maximum atomic E-state index is 12.1. The van der Waals surface area contributed by atoms with Gasteiger partial charge in [0.1, 0.15) is 5.75 Å². The van der Waals surface area contributed by atoms with Gasteiger partial charge in [-0.15, -0.1) is 0 Å². The zero-order chi connectivity index (χ0) is 17.1. The Balaban J connectivity index is 1.52. The lowest BCUT2D eigenvalue weighted by molar-refractivity contribution is -0.121. The molecule has 1 aliphatic rings. The number of fused-ring (bicyclic) bond motifs is 1. The van der Waals surface area contributed by atoms with Crippen molar-refractivity contribution in [2.24, 2.45) is 7.05 Å². The molecule has 128 valence electrons. The Morgan fingerprint density at radius 1 is 1.38 bits per heavy atom. The normalized spacial score (nSPS) is 13.3. The van der Waals surface area contributed by atoms with Gasteiger partial charge in [-0.1, -0.05) is 12.1 Å². The third-order valence-corrected chi connectivity index (χ3v) is 4.72. The van der Waals surface area contributed by atoms with Gasteiger partial charge in [0.05, 0.1) is 12.3 Å². The van der Waals surface area contributed by atoms with Crippen LogP contribution in [0, 0.1) is 13.8 Å². The molecular weight excluding hydrogens is 302 g/mol. The van der Waals surface area contributed by atoms with Crippen LogP contribution in [0.4, 0.5) is 0 Å². The second kappa shape index (κ2) is 7.07. The molecule has 24 heavy (non-hydrogen) atoms. The molecule has 5 heteroatoms. The number of ether oxygens (including phenoxy) is 1. The maximum absolute atomic E-state index is 12.1. The molecule has 5 nitrogen and oxygen atoms in total. The van der Waals surface area contributed by atoms with Crippen LogP contribution in [0.25, 0.3) is 0 Å². The lowest BCUT2D eigenvalue weighted by atomic mass is 10.0. The number of carbonyl (C=O) groups is 1. The average molecular weight is 327 g/mol. The molecule has 0 radical (unpaired) electrons. The zero-order valence-electron chi connectivity index (χ0n) is 14.7. The summed E-state index contributed by atoms with van der Waals surface area (Å²) < 4.78 is 7.49. The van der Waals surface area contributed by atoms with E-state index < -0.39 is 0 Å². The van der Waals surface area contributed by atoms with E-state index in [1.54, 1.807) is 0 Å². The van der Waals surface area contributed by atoms with E-state index >= 15 is 0 Å². The molecule has 0 unspecified atom stereocenters. The minimum atomic E-state index is 0.0756. The molecule has 0 aliphatic carbocycles. The third kappa shape index (κ3) is 3.61. The summed E-state index contributed by atoms with van der Waals surface area (Å²) in [5.74, 6) is 1.06. The van der Waals surface area contributed by atoms with E-state index in [1.165, 1.54) is 11.1 Å². The predicted octanol–water partition coefficient (Wildman–Crippen LogP) is 2.61. The first kappa shape index (κ1) is 16.6. The van der Waals surface area contributed by atoms with Crippen LogP contribution in [0.5, 0.6) is 5.75 Å². The van der Waals surface area contributed by atoms with Gasteiger partial charge in [-0.2, -0.15) is 5.10 Å². The Labute approximate surface area is 143 Å². The van der Waals surface area contributed by atoms with Crippen LogP contribution in [0.3, 0.4) is 0 Å². The van der Waals surface area contributed by atoms with Gasteiger partial charge in [0.15, 0.2) is 0 Å². The molecule has 1 aromatic carbocycles. The molecule has 0 saturated heterocycles. The molecular formula is C19H25N3O2. The minimum absolute atomic E-state index is 0.0756. The molecule has 1 N–H and O–H groups in total. The number of rotatable bonds is 5. The molecule has 3 rings (SSSR count). The Hall–Kier alpha value is -2.30. The lowest BCUT2D eigenvalue weighted by Crippen LogP contribution is -2.23. The number of hydrogen-bond donors (Lipinski definition) is 1. The van der Waals surface area contributed by atoms with Crippen molar-refractivity contribution < 1.29 is 9.53 Å². The minimum Gasteiger partial charge on any atom is -0.493 e. The zero-order valence-corrected chi connectivity index (χ0v) is 14.7. The monoisotopic (exact) mass is 327 g/mol. The van der Waals surface area contributed by atoms with Gasteiger partial charge < -0.3 is 10.1 Å². The van der Waals surface area contributed by atoms with E-state index in [1.807, 2.05) is 37.7 Å². The van der Waals surface area contributed by atoms with Crippen LogP contribution in [0.2, 0.25) is 0 Å². The number of aromatic nitrogens is 2. The summed E-state index contributed by atoms with van der Waals surface area (Å²) in [6.45, 7) is 5.41. The van der Waals surface area contributed by atoms with Crippen molar-refractivity contribution >= 4 is 5.91 Å². The number of benzene rings is 1. The van der Waals surface area contributed by atoms with Crippen LogP contribution in [-0.4, -0.2) is 22.3 Å². The van der Waals surface area contributed by atoms with Crippen LogP contribution in [-0.2, 0) is 31.2 Å². The highest BCUT2D eigenvalue weighted by Crippen LogP contribution is 2.25. The molecule has 1 aliphatic heterocycles. The fourth-order valence-corrected chi connectivity index (χ4v) is 3.23. The molecule has 0 fully saturated rings.